The number of hydrogen-bond donors (Lipinski definition) is 1. The van der Waals surface area contributed by atoms with E-state index in [-0.39, 0.29) is 23.4 Å². The second-order valence-corrected chi connectivity index (χ2v) is 12.0. The highest BCUT2D eigenvalue weighted by Crippen LogP contribution is 2.38. The molecule has 2 saturated heterocycles. The molecule has 0 atom stereocenters. The van der Waals surface area contributed by atoms with Gasteiger partial charge in [0.1, 0.15) is 23.3 Å². The molecule has 0 radical (unpaired) electrons. The summed E-state index contributed by atoms with van der Waals surface area (Å²) < 4.78 is 45.7. The number of piperidine rings is 1. The fourth-order valence-corrected chi connectivity index (χ4v) is 6.25. The summed E-state index contributed by atoms with van der Waals surface area (Å²) >= 11 is 8.49. The molecule has 2 aliphatic heterocycles. The Morgan fingerprint density at radius 2 is 1.84 bits per heavy atom. The van der Waals surface area contributed by atoms with Crippen LogP contribution in [0.15, 0.2) is 36.9 Å². The maximum Gasteiger partial charge on any atom is 0.420 e. The van der Waals surface area contributed by atoms with Crippen LogP contribution in [0.1, 0.15) is 43.2 Å². The van der Waals surface area contributed by atoms with Crippen molar-refractivity contribution < 1.29 is 13.2 Å². The van der Waals surface area contributed by atoms with Crippen LogP contribution in [0.4, 0.5) is 19.1 Å². The number of alkyl halides is 3. The molecule has 0 unspecified atom stereocenters. The standard InChI is InChI=1S/C26H29ClF3N7S/c27-21-12-17(14-35-8-1-9-35)2-5-23(21)36-15-22(32-16-36)24-20(26(28,29)30)13-31-25(34-24)33-18-6-10-37(11-7-18)38-19-3-4-19/h2,5,12-13,15-16,18-19H,1,3-4,6-11,14H2,(H,31,33,34). The second kappa shape index (κ2) is 10.7. The highest BCUT2D eigenvalue weighted by Gasteiger charge is 2.36. The molecule has 2 aromatic heterocycles. The van der Waals surface area contributed by atoms with Gasteiger partial charge in [0.05, 0.1) is 10.7 Å². The molecule has 1 aromatic carbocycles. The Hall–Kier alpha value is -2.34. The predicted molar refractivity (Wildman–Crippen MR) is 143 cm³/mol. The van der Waals surface area contributed by atoms with Gasteiger partial charge in [-0.2, -0.15) is 13.2 Å². The van der Waals surface area contributed by atoms with Crippen LogP contribution in [0.25, 0.3) is 17.1 Å². The third-order valence-electron chi connectivity index (χ3n) is 7.17. The summed E-state index contributed by atoms with van der Waals surface area (Å²) in [5.41, 5.74) is 0.691. The summed E-state index contributed by atoms with van der Waals surface area (Å²) in [6, 6.07) is 5.87. The lowest BCUT2D eigenvalue weighted by atomic mass is 10.1. The Kier molecular flexibility index (Phi) is 7.28. The molecule has 0 spiro atoms. The zero-order chi connectivity index (χ0) is 26.3. The van der Waals surface area contributed by atoms with Crippen molar-refractivity contribution in [1.82, 2.24) is 28.7 Å². The van der Waals surface area contributed by atoms with Crippen molar-refractivity contribution in [1.29, 1.82) is 0 Å². The van der Waals surface area contributed by atoms with Crippen molar-refractivity contribution in [2.75, 3.05) is 31.5 Å². The van der Waals surface area contributed by atoms with Crippen LogP contribution in [0.3, 0.4) is 0 Å². The highest BCUT2D eigenvalue weighted by atomic mass is 35.5. The molecule has 38 heavy (non-hydrogen) atoms. The molecule has 7 nitrogen and oxygen atoms in total. The molecule has 12 heteroatoms. The summed E-state index contributed by atoms with van der Waals surface area (Å²) in [6.45, 7) is 4.88. The minimum atomic E-state index is -4.61. The summed E-state index contributed by atoms with van der Waals surface area (Å²) in [7, 11) is 0. The van der Waals surface area contributed by atoms with Crippen molar-refractivity contribution in [3.63, 3.8) is 0 Å². The number of nitrogens with one attached hydrogen (secondary N) is 1. The van der Waals surface area contributed by atoms with Gasteiger partial charge in [-0.15, -0.1) is 0 Å². The van der Waals surface area contributed by atoms with E-state index in [1.165, 1.54) is 31.8 Å². The lowest BCUT2D eigenvalue weighted by Crippen LogP contribution is -2.36. The average molecular weight is 564 g/mol. The molecule has 0 amide bonds. The molecule has 3 aromatic rings. The fourth-order valence-electron chi connectivity index (χ4n) is 4.76. The molecule has 6 rings (SSSR count). The number of hydrogen-bond acceptors (Lipinski definition) is 7. The third-order valence-corrected chi connectivity index (χ3v) is 8.91. The molecule has 3 aliphatic rings. The molecule has 1 N–H and O–H groups in total. The van der Waals surface area contributed by atoms with Crippen molar-refractivity contribution in [3.05, 3.63) is 53.1 Å². The Balaban J connectivity index is 1.20. The monoisotopic (exact) mass is 563 g/mol. The summed E-state index contributed by atoms with van der Waals surface area (Å²) in [4.78, 5) is 14.9. The van der Waals surface area contributed by atoms with Gasteiger partial charge >= 0.3 is 6.18 Å². The number of nitrogens with zero attached hydrogens (tertiary/aromatic N) is 6. The minimum absolute atomic E-state index is 0.110. The quantitative estimate of drug-likeness (QED) is 0.343. The minimum Gasteiger partial charge on any atom is -0.351 e. The molecule has 4 heterocycles. The largest absolute Gasteiger partial charge is 0.420 e. The van der Waals surface area contributed by atoms with Crippen LogP contribution in [0.5, 0.6) is 0 Å². The molecule has 1 aliphatic carbocycles. The van der Waals surface area contributed by atoms with Crippen molar-refractivity contribution in [3.8, 4) is 17.1 Å². The summed E-state index contributed by atoms with van der Waals surface area (Å²) in [5, 5.41) is 4.53. The van der Waals surface area contributed by atoms with Crippen LogP contribution in [0, 0.1) is 0 Å². The normalized spacial score (nSPS) is 19.5. The Bertz CT molecular complexity index is 1280. The second-order valence-electron chi connectivity index (χ2n) is 10.2. The first kappa shape index (κ1) is 25.9. The first-order chi connectivity index (χ1) is 18.3. The number of rotatable bonds is 8. The van der Waals surface area contributed by atoms with Gasteiger partial charge in [0, 0.05) is 43.3 Å². The van der Waals surface area contributed by atoms with Crippen LogP contribution in [-0.2, 0) is 12.7 Å². The lowest BCUT2D eigenvalue weighted by Gasteiger charge is -2.31. The number of benzene rings is 1. The predicted octanol–water partition coefficient (Wildman–Crippen LogP) is 5.89. The van der Waals surface area contributed by atoms with Gasteiger partial charge < -0.3 is 9.88 Å². The topological polar surface area (TPSA) is 62.1 Å². The van der Waals surface area contributed by atoms with E-state index in [1.807, 2.05) is 30.1 Å². The van der Waals surface area contributed by atoms with Gasteiger partial charge in [-0.1, -0.05) is 29.6 Å². The van der Waals surface area contributed by atoms with Gasteiger partial charge in [0.2, 0.25) is 5.95 Å². The van der Waals surface area contributed by atoms with Crippen LogP contribution < -0.4 is 5.32 Å². The van der Waals surface area contributed by atoms with Gasteiger partial charge in [0.25, 0.3) is 0 Å². The first-order valence-electron chi connectivity index (χ1n) is 13.0. The SMILES string of the molecule is FC(F)(F)c1cnc(NC2CCN(SC3CC3)CC2)nc1-c1cn(-c2ccc(CN3CCC3)cc2Cl)cn1. The van der Waals surface area contributed by atoms with Gasteiger partial charge in [-0.3, -0.25) is 9.21 Å². The highest BCUT2D eigenvalue weighted by molar-refractivity contribution is 7.97. The number of likely N-dealkylation sites (tertiary alicyclic amines) is 1. The first-order valence-corrected chi connectivity index (χ1v) is 14.2. The average Bonchev–Trinajstić information content (AvgIpc) is 3.54. The van der Waals surface area contributed by atoms with Crippen molar-refractivity contribution >= 4 is 29.5 Å². The zero-order valence-corrected chi connectivity index (χ0v) is 22.4. The van der Waals surface area contributed by atoms with E-state index in [9.17, 15) is 13.2 Å². The van der Waals surface area contributed by atoms with E-state index in [1.54, 1.807) is 4.57 Å². The summed E-state index contributed by atoms with van der Waals surface area (Å²) in [5.74, 6) is 0.184. The molecular formula is C26H29ClF3N7S. The van der Waals surface area contributed by atoms with E-state index < -0.39 is 11.7 Å². The van der Waals surface area contributed by atoms with Gasteiger partial charge in [-0.25, -0.2) is 15.0 Å². The fraction of sp³-hybridized carbons (Fsp3) is 0.500. The molecule has 202 valence electrons. The Morgan fingerprint density at radius 1 is 1.05 bits per heavy atom. The smallest absolute Gasteiger partial charge is 0.351 e. The summed E-state index contributed by atoms with van der Waals surface area (Å²) in [6.07, 6.45) is 4.80. The number of imidazole rings is 1. The van der Waals surface area contributed by atoms with Crippen LogP contribution in [-0.4, -0.2) is 66.2 Å². The Morgan fingerprint density at radius 3 is 2.50 bits per heavy atom. The van der Waals surface area contributed by atoms with E-state index in [0.717, 1.165) is 62.6 Å². The lowest BCUT2D eigenvalue weighted by molar-refractivity contribution is -0.137. The maximum atomic E-state index is 13.9. The zero-order valence-electron chi connectivity index (χ0n) is 20.8. The molecule has 1 saturated carbocycles. The van der Waals surface area contributed by atoms with E-state index >= 15 is 0 Å². The number of halogens is 4. The molecular weight excluding hydrogens is 535 g/mol. The number of anilines is 1. The van der Waals surface area contributed by atoms with Crippen LogP contribution >= 0.6 is 23.5 Å². The van der Waals surface area contributed by atoms with Gasteiger partial charge in [-0.05, 0) is 62.9 Å². The van der Waals surface area contributed by atoms with Crippen molar-refractivity contribution in [2.45, 2.75) is 56.1 Å². The van der Waals surface area contributed by atoms with Crippen LogP contribution in [0.2, 0.25) is 5.02 Å². The molecule has 0 bridgehead atoms. The Labute approximate surface area is 228 Å². The maximum absolute atomic E-state index is 13.9. The van der Waals surface area contributed by atoms with Crippen molar-refractivity contribution in [2.24, 2.45) is 0 Å². The third kappa shape index (κ3) is 5.95. The van der Waals surface area contributed by atoms with E-state index in [4.69, 9.17) is 11.6 Å². The van der Waals surface area contributed by atoms with Gasteiger partial charge in [0.15, 0.2) is 0 Å². The number of aromatic nitrogens is 4. The van der Waals surface area contributed by atoms with E-state index in [2.05, 4.69) is 29.5 Å². The molecule has 3 fully saturated rings. The van der Waals surface area contributed by atoms with E-state index in [0.29, 0.717) is 10.7 Å².